The van der Waals surface area contributed by atoms with E-state index in [4.69, 9.17) is 16.3 Å². The zero-order valence-corrected chi connectivity index (χ0v) is 11.8. The second-order valence-electron chi connectivity index (χ2n) is 4.27. The molecule has 0 bridgehead atoms. The molecule has 0 aliphatic heterocycles. The first-order valence-electron chi connectivity index (χ1n) is 6.16. The maximum Gasteiger partial charge on any atom is 0.251 e. The molecule has 104 valence electrons. The number of hydrogen-bond acceptors (Lipinski definition) is 3. The molecule has 0 saturated carbocycles. The summed E-state index contributed by atoms with van der Waals surface area (Å²) >= 11 is 5.87. The number of carbonyl (C=O) groups excluding carboxylic acids is 1. The Morgan fingerprint density at radius 1 is 1.25 bits per heavy atom. The van der Waals surface area contributed by atoms with Crippen molar-refractivity contribution in [1.29, 1.82) is 0 Å². The second-order valence-corrected chi connectivity index (χ2v) is 4.71. The van der Waals surface area contributed by atoms with Gasteiger partial charge in [-0.15, -0.1) is 0 Å². The number of ether oxygens (including phenoxy) is 1. The minimum atomic E-state index is -0.224. The van der Waals surface area contributed by atoms with Crippen molar-refractivity contribution in [3.8, 4) is 0 Å². The molecule has 1 heterocycles. The summed E-state index contributed by atoms with van der Waals surface area (Å²) in [6.45, 7) is 0.387. The maximum atomic E-state index is 12.1. The zero-order chi connectivity index (χ0) is 14.4. The average molecular weight is 291 g/mol. The molecule has 1 atom stereocenters. The van der Waals surface area contributed by atoms with E-state index in [2.05, 4.69) is 10.3 Å². The van der Waals surface area contributed by atoms with Crippen LogP contribution in [0.25, 0.3) is 0 Å². The van der Waals surface area contributed by atoms with Crippen molar-refractivity contribution in [1.82, 2.24) is 10.3 Å². The Morgan fingerprint density at radius 2 is 1.90 bits per heavy atom. The van der Waals surface area contributed by atoms with E-state index in [1.807, 2.05) is 12.1 Å². The van der Waals surface area contributed by atoms with Gasteiger partial charge in [-0.25, -0.2) is 0 Å². The molecule has 20 heavy (non-hydrogen) atoms. The van der Waals surface area contributed by atoms with Gasteiger partial charge in [0.05, 0.1) is 12.6 Å². The van der Waals surface area contributed by atoms with Gasteiger partial charge in [0, 0.05) is 30.1 Å². The van der Waals surface area contributed by atoms with Crippen LogP contribution in [0.3, 0.4) is 0 Å². The monoisotopic (exact) mass is 290 g/mol. The lowest BCUT2D eigenvalue weighted by Crippen LogP contribution is -2.31. The lowest BCUT2D eigenvalue weighted by atomic mass is 10.1. The van der Waals surface area contributed by atoms with Crippen molar-refractivity contribution in [2.45, 2.75) is 6.04 Å². The Labute approximate surface area is 122 Å². The van der Waals surface area contributed by atoms with Gasteiger partial charge in [0.2, 0.25) is 0 Å². The van der Waals surface area contributed by atoms with E-state index in [1.165, 1.54) is 0 Å². The van der Waals surface area contributed by atoms with E-state index in [1.54, 1.807) is 43.8 Å². The quantitative estimate of drug-likeness (QED) is 0.921. The Bertz CT molecular complexity index is 558. The molecule has 0 saturated heterocycles. The molecule has 0 aliphatic carbocycles. The van der Waals surface area contributed by atoms with Crippen LogP contribution in [-0.2, 0) is 4.74 Å². The topological polar surface area (TPSA) is 51.2 Å². The number of nitrogens with zero attached hydrogens (tertiary/aromatic N) is 1. The molecule has 2 aromatic rings. The first kappa shape index (κ1) is 14.5. The number of benzene rings is 1. The van der Waals surface area contributed by atoms with Gasteiger partial charge in [0.25, 0.3) is 5.91 Å². The molecule has 0 aliphatic rings. The van der Waals surface area contributed by atoms with E-state index in [0.717, 1.165) is 5.56 Å². The van der Waals surface area contributed by atoms with Gasteiger partial charge >= 0.3 is 0 Å². The number of amides is 1. The summed E-state index contributed by atoms with van der Waals surface area (Å²) in [5, 5.41) is 3.59. The van der Waals surface area contributed by atoms with Gasteiger partial charge < -0.3 is 10.1 Å². The van der Waals surface area contributed by atoms with Gasteiger partial charge in [-0.3, -0.25) is 9.78 Å². The van der Waals surface area contributed by atoms with E-state index < -0.39 is 0 Å². The van der Waals surface area contributed by atoms with Crippen LogP contribution in [0.15, 0.2) is 48.8 Å². The maximum absolute atomic E-state index is 12.1. The molecule has 1 unspecified atom stereocenters. The molecule has 0 radical (unpaired) electrons. The van der Waals surface area contributed by atoms with Crippen LogP contribution in [0, 0.1) is 0 Å². The van der Waals surface area contributed by atoms with E-state index in [-0.39, 0.29) is 11.9 Å². The minimum Gasteiger partial charge on any atom is -0.382 e. The molecule has 1 aromatic carbocycles. The van der Waals surface area contributed by atoms with Crippen molar-refractivity contribution in [2.75, 3.05) is 13.7 Å². The predicted molar refractivity (Wildman–Crippen MR) is 77.8 cm³/mol. The lowest BCUT2D eigenvalue weighted by molar-refractivity contribution is 0.0896. The van der Waals surface area contributed by atoms with Crippen LogP contribution in [0.5, 0.6) is 0 Å². The van der Waals surface area contributed by atoms with Crippen molar-refractivity contribution in [3.63, 3.8) is 0 Å². The highest BCUT2D eigenvalue weighted by molar-refractivity contribution is 6.30. The lowest BCUT2D eigenvalue weighted by Gasteiger charge is -2.18. The highest BCUT2D eigenvalue weighted by Crippen LogP contribution is 2.17. The van der Waals surface area contributed by atoms with Crippen molar-refractivity contribution >= 4 is 17.5 Å². The highest BCUT2D eigenvalue weighted by Gasteiger charge is 2.15. The summed E-state index contributed by atoms with van der Waals surface area (Å²) in [7, 11) is 1.60. The van der Waals surface area contributed by atoms with Gasteiger partial charge in [0.15, 0.2) is 0 Å². The van der Waals surface area contributed by atoms with Gasteiger partial charge in [-0.1, -0.05) is 23.7 Å². The summed E-state index contributed by atoms with van der Waals surface area (Å²) in [6.07, 6.45) is 3.17. The number of nitrogens with one attached hydrogen (secondary N) is 1. The highest BCUT2D eigenvalue weighted by atomic mass is 35.5. The number of hydrogen-bond donors (Lipinski definition) is 1. The van der Waals surface area contributed by atoms with Crippen LogP contribution in [0.2, 0.25) is 5.02 Å². The third-order valence-corrected chi connectivity index (χ3v) is 3.11. The molecular formula is C15H15ClN2O2. The number of methoxy groups -OCH3 is 1. The van der Waals surface area contributed by atoms with Crippen LogP contribution in [0.4, 0.5) is 0 Å². The van der Waals surface area contributed by atoms with E-state index >= 15 is 0 Å². The van der Waals surface area contributed by atoms with Crippen LogP contribution in [-0.4, -0.2) is 24.6 Å². The van der Waals surface area contributed by atoms with Gasteiger partial charge in [0.1, 0.15) is 0 Å². The zero-order valence-electron chi connectivity index (χ0n) is 11.0. The summed E-state index contributed by atoms with van der Waals surface area (Å²) in [4.78, 5) is 16.0. The number of aromatic nitrogens is 1. The van der Waals surface area contributed by atoms with Crippen molar-refractivity contribution in [3.05, 3.63) is 64.9 Å². The molecule has 4 nitrogen and oxygen atoms in total. The number of pyridine rings is 1. The third kappa shape index (κ3) is 3.79. The molecule has 1 aromatic heterocycles. The number of halogens is 1. The fourth-order valence-corrected chi connectivity index (χ4v) is 1.95. The van der Waals surface area contributed by atoms with Gasteiger partial charge in [-0.2, -0.15) is 0 Å². The first-order valence-corrected chi connectivity index (χ1v) is 6.54. The van der Waals surface area contributed by atoms with Crippen molar-refractivity contribution in [2.24, 2.45) is 0 Å². The molecule has 1 amide bonds. The Balaban J connectivity index is 2.13. The Morgan fingerprint density at radius 3 is 2.50 bits per heavy atom. The predicted octanol–water partition coefficient (Wildman–Crippen LogP) is 2.85. The summed E-state index contributed by atoms with van der Waals surface area (Å²) in [6, 6.07) is 10.4. The Hall–Kier alpha value is -1.91. The molecule has 2 rings (SSSR count). The first-order chi connectivity index (χ1) is 9.70. The van der Waals surface area contributed by atoms with Crippen LogP contribution < -0.4 is 5.32 Å². The van der Waals surface area contributed by atoms with E-state index in [0.29, 0.717) is 17.2 Å². The largest absolute Gasteiger partial charge is 0.382 e. The molecule has 0 fully saturated rings. The molecule has 1 N–H and O–H groups in total. The SMILES string of the molecule is COCC(NC(=O)c1ccncc1)c1ccc(Cl)cc1. The standard InChI is InChI=1S/C15H15ClN2O2/c1-20-10-14(11-2-4-13(16)5-3-11)18-15(19)12-6-8-17-9-7-12/h2-9,14H,10H2,1H3,(H,18,19). The summed E-state index contributed by atoms with van der Waals surface area (Å²) in [5.74, 6) is -0.163. The summed E-state index contributed by atoms with van der Waals surface area (Å²) in [5.41, 5.74) is 1.51. The van der Waals surface area contributed by atoms with Crippen LogP contribution in [0.1, 0.15) is 22.0 Å². The average Bonchev–Trinajstić information content (AvgIpc) is 2.48. The third-order valence-electron chi connectivity index (χ3n) is 2.85. The second kappa shape index (κ2) is 7.03. The normalized spacial score (nSPS) is 11.9. The fraction of sp³-hybridized carbons (Fsp3) is 0.200. The van der Waals surface area contributed by atoms with Gasteiger partial charge in [-0.05, 0) is 29.8 Å². The summed E-state index contributed by atoms with van der Waals surface area (Å²) < 4.78 is 5.17. The number of rotatable bonds is 5. The minimum absolute atomic E-state index is 0.163. The Kier molecular flexibility index (Phi) is 5.09. The van der Waals surface area contributed by atoms with Crippen molar-refractivity contribution < 1.29 is 9.53 Å². The molecular weight excluding hydrogens is 276 g/mol. The molecule has 0 spiro atoms. The van der Waals surface area contributed by atoms with Crippen LogP contribution >= 0.6 is 11.6 Å². The molecule has 5 heteroatoms. The number of carbonyl (C=O) groups is 1. The van der Waals surface area contributed by atoms with E-state index in [9.17, 15) is 4.79 Å². The fourth-order valence-electron chi connectivity index (χ4n) is 1.83. The smallest absolute Gasteiger partial charge is 0.251 e.